The van der Waals surface area contributed by atoms with Crippen LogP contribution in [0.5, 0.6) is 0 Å². The quantitative estimate of drug-likeness (QED) is 0.0976. The van der Waals surface area contributed by atoms with Gasteiger partial charge in [0.15, 0.2) is 18.0 Å². The highest BCUT2D eigenvalue weighted by molar-refractivity contribution is 5.96. The summed E-state index contributed by atoms with van der Waals surface area (Å²) >= 11 is 0. The minimum Gasteiger partial charge on any atom is -0.458 e. The van der Waals surface area contributed by atoms with Gasteiger partial charge in [0.1, 0.15) is 35.6 Å². The molecule has 1 amide bonds. The number of benzene rings is 3. The van der Waals surface area contributed by atoms with Gasteiger partial charge in [-0.15, -0.1) is 0 Å². The zero-order valence-electron chi connectivity index (χ0n) is 41.3. The molecule has 384 valence electrons. The molecule has 4 unspecified atom stereocenters. The van der Waals surface area contributed by atoms with Crippen molar-refractivity contribution in [2.45, 2.75) is 141 Å². The number of carbonyl (C=O) groups is 8. The van der Waals surface area contributed by atoms with Crippen LogP contribution < -0.4 is 5.32 Å². The second-order valence-electron chi connectivity index (χ2n) is 20.0. The standard InChI is InChI=1S/C54H61NO17/c1-28-37(69-50(65)42(70-48(63)30(3)67-47(62)29(2)56)40(33-18-12-9-13-19-33)55-46(61)34-20-14-10-15-21-34)27-54(66)45(71-49(64)35-22-16-11-17-23-35)43-52(8,38(59)26-36-24-25-53(36,43)72-32(5)58)44(60)41(68-31(4)57)39(28)51(54,6)7/h9-23,29-30,36-38,40-43,45,56,59,66H,24-27H2,1-8H3,(H,55,61)/t29?,30?,36-,37+,38+,40?,41-,42-,43?,45+,52-,53+,54-/m1/s1. The van der Waals surface area contributed by atoms with Crippen molar-refractivity contribution in [3.05, 3.63) is 119 Å². The molecule has 3 fully saturated rings. The van der Waals surface area contributed by atoms with E-state index in [4.69, 9.17) is 28.4 Å². The van der Waals surface area contributed by atoms with Crippen molar-refractivity contribution in [3.63, 3.8) is 0 Å². The van der Waals surface area contributed by atoms with E-state index in [1.165, 1.54) is 45.0 Å². The number of hydrogen-bond acceptors (Lipinski definition) is 17. The predicted octanol–water partition coefficient (Wildman–Crippen LogP) is 4.61. The Morgan fingerprint density at radius 3 is 1.88 bits per heavy atom. The average Bonchev–Trinajstić information content (AvgIpc) is 3.33. The van der Waals surface area contributed by atoms with E-state index in [9.17, 15) is 44.1 Å². The lowest BCUT2D eigenvalue weighted by Gasteiger charge is -2.68. The number of amides is 1. The van der Waals surface area contributed by atoms with Crippen molar-refractivity contribution >= 4 is 47.5 Å². The maximum Gasteiger partial charge on any atom is 0.350 e. The summed E-state index contributed by atoms with van der Waals surface area (Å²) in [6.07, 6.45) is -12.5. The highest BCUT2D eigenvalue weighted by Gasteiger charge is 2.77. The van der Waals surface area contributed by atoms with Crippen LogP contribution in [0.15, 0.2) is 102 Å². The maximum atomic E-state index is 15.8. The number of Topliss-reactive ketones (excluding diaryl/α,β-unsaturated/α-hetero) is 1. The number of ether oxygens (including phenoxy) is 6. The summed E-state index contributed by atoms with van der Waals surface area (Å²) in [5, 5.41) is 38.8. The first kappa shape index (κ1) is 53.0. The van der Waals surface area contributed by atoms with Crippen LogP contribution in [0.4, 0.5) is 0 Å². The Hall–Kier alpha value is -6.76. The molecule has 0 aliphatic heterocycles. The van der Waals surface area contributed by atoms with Crippen LogP contribution in [0.3, 0.4) is 0 Å². The fourth-order valence-corrected chi connectivity index (χ4v) is 11.4. The summed E-state index contributed by atoms with van der Waals surface area (Å²) < 4.78 is 35.9. The average molecular weight is 996 g/mol. The molecule has 0 spiro atoms. The fraction of sp³-hybridized carbons (Fsp3) is 0.481. The largest absolute Gasteiger partial charge is 0.458 e. The van der Waals surface area contributed by atoms with E-state index in [2.05, 4.69) is 5.32 Å². The molecule has 4 aliphatic carbocycles. The molecule has 18 heteroatoms. The number of hydrogen-bond donors (Lipinski definition) is 4. The van der Waals surface area contributed by atoms with Crippen molar-refractivity contribution in [1.82, 2.24) is 5.32 Å². The first-order valence-electron chi connectivity index (χ1n) is 23.9. The van der Waals surface area contributed by atoms with Gasteiger partial charge in [-0.05, 0) is 87.9 Å². The van der Waals surface area contributed by atoms with Crippen LogP contribution in [0, 0.1) is 22.7 Å². The van der Waals surface area contributed by atoms with E-state index in [0.717, 1.165) is 20.8 Å². The molecule has 3 saturated carbocycles. The van der Waals surface area contributed by atoms with E-state index in [1.807, 2.05) is 0 Å². The normalized spacial score (nSPS) is 29.8. The molecule has 0 heterocycles. The number of rotatable bonds is 14. The first-order valence-corrected chi connectivity index (χ1v) is 23.9. The van der Waals surface area contributed by atoms with Crippen molar-refractivity contribution < 1.29 is 82.1 Å². The van der Waals surface area contributed by atoms with Crippen LogP contribution in [-0.2, 0) is 57.2 Å². The van der Waals surface area contributed by atoms with E-state index in [1.54, 1.807) is 80.6 Å². The van der Waals surface area contributed by atoms with Crippen LogP contribution in [0.2, 0.25) is 0 Å². The summed E-state index contributed by atoms with van der Waals surface area (Å²) in [4.78, 5) is 112. The van der Waals surface area contributed by atoms with Gasteiger partial charge in [-0.25, -0.2) is 19.2 Å². The Morgan fingerprint density at radius 2 is 1.33 bits per heavy atom. The molecule has 18 nitrogen and oxygen atoms in total. The number of nitrogens with one attached hydrogen (secondary N) is 1. The number of fused-ring (bicyclic) bond motifs is 5. The third kappa shape index (κ3) is 9.54. The highest BCUT2D eigenvalue weighted by atomic mass is 16.6. The van der Waals surface area contributed by atoms with Gasteiger partial charge in [0.25, 0.3) is 5.91 Å². The summed E-state index contributed by atoms with van der Waals surface area (Å²) in [5.74, 6) is -10.1. The second kappa shape index (κ2) is 20.4. The zero-order chi connectivity index (χ0) is 52.7. The number of carbonyl (C=O) groups excluding carboxylic acids is 8. The van der Waals surface area contributed by atoms with Crippen molar-refractivity contribution in [1.29, 1.82) is 0 Å². The summed E-state index contributed by atoms with van der Waals surface area (Å²) in [6.45, 7) is 10.5. The van der Waals surface area contributed by atoms with Gasteiger partial charge in [0, 0.05) is 37.2 Å². The molecule has 3 aromatic rings. The molecule has 0 aromatic heterocycles. The Morgan fingerprint density at radius 1 is 0.750 bits per heavy atom. The van der Waals surface area contributed by atoms with Gasteiger partial charge in [-0.3, -0.25) is 19.2 Å². The predicted molar refractivity (Wildman–Crippen MR) is 252 cm³/mol. The van der Waals surface area contributed by atoms with Gasteiger partial charge < -0.3 is 49.1 Å². The molecule has 3 aromatic carbocycles. The van der Waals surface area contributed by atoms with Crippen molar-refractivity contribution in [2.75, 3.05) is 0 Å². The molecule has 13 atom stereocenters. The zero-order valence-corrected chi connectivity index (χ0v) is 41.3. The number of aliphatic hydroxyl groups is 3. The monoisotopic (exact) mass is 995 g/mol. The first-order chi connectivity index (χ1) is 33.9. The van der Waals surface area contributed by atoms with E-state index in [0.29, 0.717) is 6.42 Å². The van der Waals surface area contributed by atoms with E-state index < -0.39 is 137 Å². The Bertz CT molecular complexity index is 2630. The molecular weight excluding hydrogens is 935 g/mol. The molecule has 0 radical (unpaired) electrons. The number of esters is 6. The lowest BCUT2D eigenvalue weighted by atomic mass is 9.41. The molecular formula is C54H61NO17. The Labute approximate surface area is 416 Å². The second-order valence-corrected chi connectivity index (χ2v) is 20.0. The van der Waals surface area contributed by atoms with Crippen LogP contribution in [-0.4, -0.2) is 117 Å². The summed E-state index contributed by atoms with van der Waals surface area (Å²) in [5.41, 5.74) is -7.44. The third-order valence-electron chi connectivity index (χ3n) is 15.3. The SMILES string of the molecule is CC(=O)O[C@H]1C(=O)[C@@]2(C)C([C@H](OC(=O)c3ccccc3)[C@]3(O)C[C@H](OC(=O)[C@H](OC(=O)C(C)OC(=O)C(C)O)C(NC(=O)c4ccccc4)c4ccccc4)C(C)=C1C3(C)C)[C@]1(OC(C)=O)CC[C@@H]1C[C@@H]2O. The summed E-state index contributed by atoms with van der Waals surface area (Å²) in [6, 6.07) is 22.1. The summed E-state index contributed by atoms with van der Waals surface area (Å²) in [7, 11) is 0. The van der Waals surface area contributed by atoms with Gasteiger partial charge in [0.2, 0.25) is 6.10 Å². The number of ketones is 1. The molecule has 0 saturated heterocycles. The van der Waals surface area contributed by atoms with Gasteiger partial charge >= 0.3 is 35.8 Å². The smallest absolute Gasteiger partial charge is 0.350 e. The lowest BCUT2D eigenvalue weighted by molar-refractivity contribution is -0.296. The third-order valence-corrected chi connectivity index (χ3v) is 15.3. The number of aliphatic hydroxyl groups excluding tert-OH is 2. The van der Waals surface area contributed by atoms with Gasteiger partial charge in [-0.2, -0.15) is 0 Å². The van der Waals surface area contributed by atoms with E-state index in [-0.39, 0.29) is 40.7 Å². The van der Waals surface area contributed by atoms with Crippen molar-refractivity contribution in [2.24, 2.45) is 22.7 Å². The topological polar surface area (TPSA) is 265 Å². The van der Waals surface area contributed by atoms with E-state index >= 15 is 9.59 Å². The lowest BCUT2D eigenvalue weighted by Crippen LogP contribution is -2.78. The molecule has 2 bridgehead atoms. The molecule has 4 aliphatic rings. The van der Waals surface area contributed by atoms with Gasteiger partial charge in [0.05, 0.1) is 23.0 Å². The minimum absolute atomic E-state index is 0.0431. The fourth-order valence-electron chi connectivity index (χ4n) is 11.4. The van der Waals surface area contributed by atoms with Crippen molar-refractivity contribution in [3.8, 4) is 0 Å². The van der Waals surface area contributed by atoms with Crippen LogP contribution in [0.25, 0.3) is 0 Å². The molecule has 7 rings (SSSR count). The van der Waals surface area contributed by atoms with Gasteiger partial charge in [-0.1, -0.05) is 80.6 Å². The van der Waals surface area contributed by atoms with Crippen LogP contribution >= 0.6 is 0 Å². The Balaban J connectivity index is 1.42. The highest BCUT2D eigenvalue weighted by Crippen LogP contribution is 2.67. The van der Waals surface area contributed by atoms with Crippen LogP contribution in [0.1, 0.15) is 113 Å². The Kier molecular flexibility index (Phi) is 15.0. The molecule has 4 N–H and O–H groups in total. The maximum absolute atomic E-state index is 15.8. The minimum atomic E-state index is -2.47. The molecule has 72 heavy (non-hydrogen) atoms.